The Labute approximate surface area is 236 Å². The number of nitrogen functional groups attached to an aromatic ring is 1. The number of aryl methyl sites for hydroxylation is 1. The Morgan fingerprint density at radius 1 is 1.18 bits per heavy atom. The van der Waals surface area contributed by atoms with Gasteiger partial charge in [-0.1, -0.05) is 26.8 Å². The second-order valence-corrected chi connectivity index (χ2v) is 13.3. The third-order valence-electron chi connectivity index (χ3n) is 7.63. The number of carbonyl (C=O) groups is 1. The monoisotopic (exact) mass is 563 g/mol. The maximum atomic E-state index is 13.6. The Bertz CT molecular complexity index is 1530. The van der Waals surface area contributed by atoms with Crippen LogP contribution in [0.15, 0.2) is 53.6 Å². The van der Waals surface area contributed by atoms with E-state index in [0.29, 0.717) is 30.0 Å². The van der Waals surface area contributed by atoms with Crippen LogP contribution >= 0.6 is 0 Å². The second kappa shape index (κ2) is 10.7. The normalized spacial score (nSPS) is 18.1. The van der Waals surface area contributed by atoms with E-state index in [9.17, 15) is 13.2 Å². The predicted molar refractivity (Wildman–Crippen MR) is 156 cm³/mol. The lowest BCUT2D eigenvalue weighted by atomic mass is 9.73. The number of anilines is 2. The minimum absolute atomic E-state index is 0.0508. The van der Waals surface area contributed by atoms with E-state index in [4.69, 9.17) is 15.5 Å². The van der Waals surface area contributed by atoms with E-state index in [0.717, 1.165) is 49.1 Å². The summed E-state index contributed by atoms with van der Waals surface area (Å²) in [4.78, 5) is 24.7. The number of rotatable bonds is 8. The summed E-state index contributed by atoms with van der Waals surface area (Å²) in [7, 11) is -4.24. The summed E-state index contributed by atoms with van der Waals surface area (Å²) in [6.45, 7) is 9.77. The molecule has 1 atom stereocenters. The maximum absolute atomic E-state index is 13.6. The molecule has 5 rings (SSSR count). The highest BCUT2D eigenvalue weighted by Crippen LogP contribution is 2.49. The zero-order valence-corrected chi connectivity index (χ0v) is 24.3. The number of pyridine rings is 2. The number of ether oxygens (including phenoxy) is 1. The second-order valence-electron chi connectivity index (χ2n) is 11.6. The molecule has 1 aromatic carbocycles. The first-order chi connectivity index (χ1) is 19.0. The Kier molecular flexibility index (Phi) is 7.48. The zero-order valence-electron chi connectivity index (χ0n) is 23.5. The maximum Gasteiger partial charge on any atom is 0.281 e. The number of nitrogens with two attached hydrogens (primary N) is 1. The molecule has 1 saturated carbocycles. The molecule has 1 aliphatic carbocycles. The molecule has 3 aromatic rings. The molecule has 3 N–H and O–H groups in total. The molecule has 1 saturated heterocycles. The van der Waals surface area contributed by atoms with Gasteiger partial charge in [0.2, 0.25) is 0 Å². The van der Waals surface area contributed by atoms with Gasteiger partial charge in [-0.15, -0.1) is 0 Å². The van der Waals surface area contributed by atoms with Gasteiger partial charge in [0.05, 0.1) is 17.9 Å². The van der Waals surface area contributed by atoms with E-state index in [1.54, 1.807) is 12.1 Å². The lowest BCUT2D eigenvalue weighted by Gasteiger charge is -2.47. The molecular weight excluding hydrogens is 526 g/mol. The summed E-state index contributed by atoms with van der Waals surface area (Å²) >= 11 is 0. The summed E-state index contributed by atoms with van der Waals surface area (Å²) in [5.74, 6) is 1.38. The average molecular weight is 564 g/mol. The SMILES string of the molecule is Cc1cc(OCC(C)C)cc(-c2ccc(C(=O)NS(=O)(=O)c3cccc(N)n3)c(N3CC(C)CC34CCC4)n2)c1. The number of benzene rings is 1. The van der Waals surface area contributed by atoms with Gasteiger partial charge in [0, 0.05) is 17.6 Å². The number of nitrogens with zero attached hydrogens (tertiary/aromatic N) is 3. The number of carbonyl (C=O) groups excluding carboxylic acids is 1. The molecule has 3 heterocycles. The van der Waals surface area contributed by atoms with Crippen molar-refractivity contribution in [2.75, 3.05) is 23.8 Å². The van der Waals surface area contributed by atoms with Crippen molar-refractivity contribution < 1.29 is 17.9 Å². The highest BCUT2D eigenvalue weighted by molar-refractivity contribution is 7.90. The van der Waals surface area contributed by atoms with E-state index >= 15 is 0 Å². The van der Waals surface area contributed by atoms with Crippen LogP contribution in [0.2, 0.25) is 0 Å². The fourth-order valence-electron chi connectivity index (χ4n) is 5.74. The van der Waals surface area contributed by atoms with Crippen LogP contribution < -0.4 is 20.1 Å². The highest BCUT2D eigenvalue weighted by atomic mass is 32.2. The van der Waals surface area contributed by atoms with Crippen LogP contribution in [-0.2, 0) is 10.0 Å². The third kappa shape index (κ3) is 5.63. The first kappa shape index (κ1) is 27.9. The topological polar surface area (TPSA) is 128 Å². The summed E-state index contributed by atoms with van der Waals surface area (Å²) in [6, 6.07) is 13.7. The van der Waals surface area contributed by atoms with Gasteiger partial charge < -0.3 is 15.4 Å². The molecule has 1 spiro atoms. The van der Waals surface area contributed by atoms with Crippen LogP contribution in [0.5, 0.6) is 5.75 Å². The lowest BCUT2D eigenvalue weighted by molar-refractivity contribution is 0.0981. The molecule has 0 bridgehead atoms. The van der Waals surface area contributed by atoms with E-state index in [1.807, 2.05) is 25.1 Å². The van der Waals surface area contributed by atoms with Crippen molar-refractivity contribution in [2.45, 2.75) is 63.9 Å². The molecular formula is C30H37N5O4S. The smallest absolute Gasteiger partial charge is 0.281 e. The molecule has 1 aliphatic heterocycles. The molecule has 2 aliphatic rings. The standard InChI is InChI=1S/C30H37N5O4S/c1-19(2)18-39-23-14-20(3)13-22(15-23)25-10-9-24(28(32-25)35-17-21(4)16-30(35)11-6-12-30)29(36)34-40(37,38)27-8-5-7-26(31)33-27/h5,7-10,13-15,19,21H,6,11-12,16-18H2,1-4H3,(H2,31,33)(H,34,36). The number of amides is 1. The Hall–Kier alpha value is -3.66. The summed E-state index contributed by atoms with van der Waals surface area (Å²) in [5, 5.41) is -0.314. The van der Waals surface area contributed by atoms with Gasteiger partial charge in [-0.3, -0.25) is 4.79 Å². The van der Waals surface area contributed by atoms with Crippen molar-refractivity contribution in [2.24, 2.45) is 11.8 Å². The number of sulfonamides is 1. The van der Waals surface area contributed by atoms with Crippen molar-refractivity contribution >= 4 is 27.6 Å². The quantitative estimate of drug-likeness (QED) is 0.394. The Balaban J connectivity index is 1.55. The van der Waals surface area contributed by atoms with Gasteiger partial charge >= 0.3 is 0 Å². The molecule has 0 radical (unpaired) electrons. The van der Waals surface area contributed by atoms with Gasteiger partial charge in [0.1, 0.15) is 17.4 Å². The van der Waals surface area contributed by atoms with E-state index in [-0.39, 0.29) is 21.9 Å². The van der Waals surface area contributed by atoms with Gasteiger partial charge in [-0.2, -0.15) is 8.42 Å². The highest BCUT2D eigenvalue weighted by Gasteiger charge is 2.49. The minimum atomic E-state index is -4.24. The van der Waals surface area contributed by atoms with Gasteiger partial charge in [0.25, 0.3) is 15.9 Å². The lowest BCUT2D eigenvalue weighted by Crippen LogP contribution is -2.50. The Morgan fingerprint density at radius 3 is 2.62 bits per heavy atom. The Morgan fingerprint density at radius 2 is 1.95 bits per heavy atom. The largest absolute Gasteiger partial charge is 0.493 e. The first-order valence-corrected chi connectivity index (χ1v) is 15.3. The van der Waals surface area contributed by atoms with Crippen LogP contribution in [0.1, 0.15) is 62.4 Å². The van der Waals surface area contributed by atoms with Crippen LogP contribution in [0.4, 0.5) is 11.6 Å². The first-order valence-electron chi connectivity index (χ1n) is 13.8. The molecule has 1 amide bonds. The van der Waals surface area contributed by atoms with Crippen LogP contribution in [0, 0.1) is 18.8 Å². The van der Waals surface area contributed by atoms with Crippen molar-refractivity contribution in [3.05, 3.63) is 59.7 Å². The molecule has 2 fully saturated rings. The number of nitrogens with one attached hydrogen (secondary N) is 1. The molecule has 212 valence electrons. The molecule has 10 heteroatoms. The van der Waals surface area contributed by atoms with Gasteiger partial charge in [-0.25, -0.2) is 14.7 Å². The predicted octanol–water partition coefficient (Wildman–Crippen LogP) is 4.96. The third-order valence-corrected chi connectivity index (χ3v) is 8.86. The van der Waals surface area contributed by atoms with Crippen LogP contribution in [0.25, 0.3) is 11.3 Å². The van der Waals surface area contributed by atoms with Crippen molar-refractivity contribution in [1.82, 2.24) is 14.7 Å². The molecule has 1 unspecified atom stereocenters. The van der Waals surface area contributed by atoms with E-state index in [1.165, 1.54) is 18.2 Å². The number of hydrogen-bond acceptors (Lipinski definition) is 8. The van der Waals surface area contributed by atoms with Crippen LogP contribution in [0.3, 0.4) is 0 Å². The molecule has 9 nitrogen and oxygen atoms in total. The summed E-state index contributed by atoms with van der Waals surface area (Å²) < 4.78 is 34.2. The van der Waals surface area contributed by atoms with Crippen LogP contribution in [-0.4, -0.2) is 43.0 Å². The van der Waals surface area contributed by atoms with Crippen molar-refractivity contribution in [1.29, 1.82) is 0 Å². The summed E-state index contributed by atoms with van der Waals surface area (Å²) in [5.41, 5.74) is 8.43. The van der Waals surface area contributed by atoms with Gasteiger partial charge in [0.15, 0.2) is 5.03 Å². The van der Waals surface area contributed by atoms with E-state index in [2.05, 4.69) is 35.4 Å². The van der Waals surface area contributed by atoms with E-state index < -0.39 is 15.9 Å². The van der Waals surface area contributed by atoms with Gasteiger partial charge in [-0.05, 0) is 92.5 Å². The van der Waals surface area contributed by atoms with Crippen molar-refractivity contribution in [3.8, 4) is 17.0 Å². The fraction of sp³-hybridized carbons (Fsp3) is 0.433. The number of hydrogen-bond donors (Lipinski definition) is 2. The average Bonchev–Trinajstić information content (AvgIpc) is 3.24. The molecule has 2 aromatic heterocycles. The number of aromatic nitrogens is 2. The summed E-state index contributed by atoms with van der Waals surface area (Å²) in [6.07, 6.45) is 4.18. The minimum Gasteiger partial charge on any atom is -0.493 e. The molecule has 40 heavy (non-hydrogen) atoms. The van der Waals surface area contributed by atoms with Crippen molar-refractivity contribution in [3.63, 3.8) is 0 Å². The zero-order chi connectivity index (χ0) is 28.7. The fourth-order valence-corrected chi connectivity index (χ4v) is 6.68.